The monoisotopic (exact) mass is 388 g/mol. The van der Waals surface area contributed by atoms with Crippen molar-refractivity contribution in [3.8, 4) is 11.4 Å². The van der Waals surface area contributed by atoms with Crippen molar-refractivity contribution in [1.29, 1.82) is 0 Å². The first-order chi connectivity index (χ1) is 14.2. The van der Waals surface area contributed by atoms with Crippen molar-refractivity contribution in [2.45, 2.75) is 26.3 Å². The van der Waals surface area contributed by atoms with E-state index >= 15 is 0 Å². The molecule has 0 saturated carbocycles. The van der Waals surface area contributed by atoms with Crippen LogP contribution in [0.2, 0.25) is 0 Å². The first-order valence-corrected chi connectivity index (χ1v) is 10.3. The summed E-state index contributed by atoms with van der Waals surface area (Å²) in [5.41, 5.74) is 3.15. The van der Waals surface area contributed by atoms with Gasteiger partial charge in [0.25, 0.3) is 0 Å². The molecule has 0 spiro atoms. The molecule has 1 amide bonds. The van der Waals surface area contributed by atoms with Gasteiger partial charge in [0.05, 0.1) is 6.54 Å². The maximum atomic E-state index is 12.4. The average Bonchev–Trinajstić information content (AvgIpc) is 3.20. The topological polar surface area (TPSA) is 50.2 Å². The van der Waals surface area contributed by atoms with Gasteiger partial charge in [-0.15, -0.1) is 0 Å². The van der Waals surface area contributed by atoms with Gasteiger partial charge in [-0.25, -0.2) is 4.98 Å². The number of rotatable bonds is 6. The third-order valence-corrected chi connectivity index (χ3v) is 5.70. The summed E-state index contributed by atoms with van der Waals surface area (Å²) in [5, 5.41) is 3.04. The van der Waals surface area contributed by atoms with Crippen molar-refractivity contribution in [3.63, 3.8) is 0 Å². The number of aryl methyl sites for hydroxylation is 1. The molecule has 0 unspecified atom stereocenters. The first kappa shape index (κ1) is 19.4. The highest BCUT2D eigenvalue weighted by Crippen LogP contribution is 2.23. The van der Waals surface area contributed by atoms with Gasteiger partial charge in [0, 0.05) is 30.2 Å². The number of carbonyl (C=O) groups excluding carboxylic acids is 1. The highest BCUT2D eigenvalue weighted by molar-refractivity contribution is 5.92. The van der Waals surface area contributed by atoms with E-state index in [-0.39, 0.29) is 5.91 Å². The Bertz CT molecular complexity index is 942. The third kappa shape index (κ3) is 4.93. The Morgan fingerprint density at radius 2 is 1.79 bits per heavy atom. The number of anilines is 1. The molecule has 5 nitrogen and oxygen atoms in total. The zero-order valence-electron chi connectivity index (χ0n) is 16.9. The zero-order chi connectivity index (χ0) is 20.1. The van der Waals surface area contributed by atoms with E-state index < -0.39 is 0 Å². The van der Waals surface area contributed by atoms with Crippen molar-refractivity contribution in [3.05, 3.63) is 72.6 Å². The zero-order valence-corrected chi connectivity index (χ0v) is 16.9. The summed E-state index contributed by atoms with van der Waals surface area (Å²) < 4.78 is 2.26. The van der Waals surface area contributed by atoms with Crippen LogP contribution in [0.5, 0.6) is 0 Å². The van der Waals surface area contributed by atoms with Crippen LogP contribution in [0.3, 0.4) is 0 Å². The van der Waals surface area contributed by atoms with Gasteiger partial charge in [-0.05, 0) is 50.4 Å². The second-order valence-corrected chi connectivity index (χ2v) is 7.85. The summed E-state index contributed by atoms with van der Waals surface area (Å²) in [6.07, 6.45) is 6.16. The molecule has 1 N–H and O–H groups in total. The molecule has 3 aromatic rings. The minimum Gasteiger partial charge on any atom is -0.331 e. The molecule has 0 bridgehead atoms. The second-order valence-electron chi connectivity index (χ2n) is 7.85. The Labute approximate surface area is 172 Å². The fourth-order valence-electron chi connectivity index (χ4n) is 4.02. The van der Waals surface area contributed by atoms with E-state index in [9.17, 15) is 4.79 Å². The van der Waals surface area contributed by atoms with Crippen LogP contribution in [0.4, 0.5) is 5.69 Å². The number of imidazole rings is 1. The number of aromatic nitrogens is 2. The molecule has 1 aliphatic rings. The lowest BCUT2D eigenvalue weighted by molar-refractivity contribution is -0.117. The molecular formula is C24H28N4O. The largest absolute Gasteiger partial charge is 0.331 e. The lowest BCUT2D eigenvalue weighted by Gasteiger charge is -2.31. The number of nitrogens with zero attached hydrogens (tertiary/aromatic N) is 3. The number of benzene rings is 2. The molecule has 5 heteroatoms. The van der Waals surface area contributed by atoms with E-state index in [1.807, 2.05) is 43.5 Å². The van der Waals surface area contributed by atoms with Crippen LogP contribution in [-0.4, -0.2) is 40.0 Å². The fourth-order valence-corrected chi connectivity index (χ4v) is 4.02. The van der Waals surface area contributed by atoms with Crippen molar-refractivity contribution in [1.82, 2.24) is 14.5 Å². The second kappa shape index (κ2) is 9.05. The van der Waals surface area contributed by atoms with E-state index in [2.05, 4.69) is 50.2 Å². The maximum Gasteiger partial charge on any atom is 0.238 e. The highest BCUT2D eigenvalue weighted by Gasteiger charge is 2.22. The SMILES string of the molecule is Cc1ccccc1NC(=O)CN1CCC(Cn2ccnc2-c2ccccc2)CC1. The lowest BCUT2D eigenvalue weighted by atomic mass is 9.96. The van der Waals surface area contributed by atoms with Crippen molar-refractivity contribution >= 4 is 11.6 Å². The molecule has 0 radical (unpaired) electrons. The van der Waals surface area contributed by atoms with Crippen LogP contribution < -0.4 is 5.32 Å². The Morgan fingerprint density at radius 1 is 1.07 bits per heavy atom. The number of hydrogen-bond donors (Lipinski definition) is 1. The summed E-state index contributed by atoms with van der Waals surface area (Å²) in [6.45, 7) is 5.37. The summed E-state index contributed by atoms with van der Waals surface area (Å²) in [6, 6.07) is 18.2. The molecule has 1 aromatic heterocycles. The van der Waals surface area contributed by atoms with E-state index in [1.54, 1.807) is 0 Å². The molecule has 1 aliphatic heterocycles. The molecule has 0 aliphatic carbocycles. The van der Waals surface area contributed by atoms with Crippen LogP contribution in [0, 0.1) is 12.8 Å². The van der Waals surface area contributed by atoms with Crippen LogP contribution in [0.1, 0.15) is 18.4 Å². The fraction of sp³-hybridized carbons (Fsp3) is 0.333. The molecule has 29 heavy (non-hydrogen) atoms. The molecule has 1 saturated heterocycles. The van der Waals surface area contributed by atoms with E-state index in [4.69, 9.17) is 0 Å². The Balaban J connectivity index is 1.28. The van der Waals surface area contributed by atoms with Gasteiger partial charge in [-0.2, -0.15) is 0 Å². The predicted octanol–water partition coefficient (Wildman–Crippen LogP) is 4.21. The van der Waals surface area contributed by atoms with E-state index in [0.29, 0.717) is 12.5 Å². The average molecular weight is 389 g/mol. The summed E-state index contributed by atoms with van der Waals surface area (Å²) >= 11 is 0. The number of para-hydroxylation sites is 1. The van der Waals surface area contributed by atoms with E-state index in [1.165, 1.54) is 0 Å². The Kier molecular flexibility index (Phi) is 6.06. The summed E-state index contributed by atoms with van der Waals surface area (Å²) in [4.78, 5) is 19.2. The normalized spacial score (nSPS) is 15.3. The van der Waals surface area contributed by atoms with Crippen LogP contribution in [0.25, 0.3) is 11.4 Å². The van der Waals surface area contributed by atoms with Gasteiger partial charge in [0.1, 0.15) is 5.82 Å². The quantitative estimate of drug-likeness (QED) is 0.688. The predicted molar refractivity (Wildman–Crippen MR) is 117 cm³/mol. The summed E-state index contributed by atoms with van der Waals surface area (Å²) in [5.74, 6) is 1.71. The third-order valence-electron chi connectivity index (χ3n) is 5.70. The lowest BCUT2D eigenvalue weighted by Crippen LogP contribution is -2.40. The molecule has 4 rings (SSSR count). The van der Waals surface area contributed by atoms with Crippen molar-refractivity contribution < 1.29 is 4.79 Å². The minimum absolute atomic E-state index is 0.0683. The number of nitrogens with one attached hydrogen (secondary N) is 1. The Morgan fingerprint density at radius 3 is 2.55 bits per heavy atom. The molecule has 1 fully saturated rings. The number of piperidine rings is 1. The summed E-state index contributed by atoms with van der Waals surface area (Å²) in [7, 11) is 0. The number of likely N-dealkylation sites (tertiary alicyclic amines) is 1. The number of hydrogen-bond acceptors (Lipinski definition) is 3. The van der Waals surface area contributed by atoms with Gasteiger partial charge in [0.15, 0.2) is 0 Å². The van der Waals surface area contributed by atoms with Crippen LogP contribution in [0.15, 0.2) is 67.0 Å². The number of carbonyl (C=O) groups is 1. The van der Waals surface area contributed by atoms with Gasteiger partial charge in [0.2, 0.25) is 5.91 Å². The molecule has 2 heterocycles. The van der Waals surface area contributed by atoms with Crippen LogP contribution >= 0.6 is 0 Å². The Hall–Kier alpha value is -2.92. The minimum atomic E-state index is 0.0683. The molecule has 150 valence electrons. The first-order valence-electron chi connectivity index (χ1n) is 10.3. The number of amides is 1. The van der Waals surface area contributed by atoms with Gasteiger partial charge in [-0.1, -0.05) is 48.5 Å². The van der Waals surface area contributed by atoms with Gasteiger partial charge < -0.3 is 9.88 Å². The highest BCUT2D eigenvalue weighted by atomic mass is 16.2. The smallest absolute Gasteiger partial charge is 0.238 e. The molecule has 2 aromatic carbocycles. The van der Waals surface area contributed by atoms with Gasteiger partial charge >= 0.3 is 0 Å². The van der Waals surface area contributed by atoms with E-state index in [0.717, 1.165) is 55.1 Å². The van der Waals surface area contributed by atoms with Crippen LogP contribution in [-0.2, 0) is 11.3 Å². The van der Waals surface area contributed by atoms with Crippen molar-refractivity contribution in [2.24, 2.45) is 5.92 Å². The van der Waals surface area contributed by atoms with Crippen molar-refractivity contribution in [2.75, 3.05) is 25.0 Å². The standard InChI is InChI=1S/C24H28N4O/c1-19-7-5-6-10-22(19)26-23(29)18-27-14-11-20(12-15-27)17-28-16-13-25-24(28)21-8-3-2-4-9-21/h2-10,13,16,20H,11-12,14-15,17-18H2,1H3,(H,26,29). The van der Waals surface area contributed by atoms with Gasteiger partial charge in [-0.3, -0.25) is 9.69 Å². The maximum absolute atomic E-state index is 12.4. The molecule has 0 atom stereocenters. The molecular weight excluding hydrogens is 360 g/mol.